The highest BCUT2D eigenvalue weighted by atomic mass is 35.5. The summed E-state index contributed by atoms with van der Waals surface area (Å²) in [5, 5.41) is 3.76. The molecule has 3 rings (SSSR count). The Morgan fingerprint density at radius 2 is 1.87 bits per heavy atom. The summed E-state index contributed by atoms with van der Waals surface area (Å²) >= 11 is 6.19. The number of quaternary nitrogens is 1. The maximum Gasteiger partial charge on any atom is 0.275 e. The molecule has 1 heterocycles. The van der Waals surface area contributed by atoms with Crippen LogP contribution in [0.25, 0.3) is 0 Å². The van der Waals surface area contributed by atoms with Crippen LogP contribution in [0.15, 0.2) is 48.5 Å². The van der Waals surface area contributed by atoms with E-state index in [-0.39, 0.29) is 11.9 Å². The van der Waals surface area contributed by atoms with Gasteiger partial charge in [0.1, 0.15) is 6.54 Å². The molecule has 0 aliphatic carbocycles. The smallest absolute Gasteiger partial charge is 0.275 e. The molecule has 1 amide bonds. The maximum atomic E-state index is 12.3. The SMILES string of the molecule is C[C@@H](NC(=O)C[NH+]1CCc2ccccc2C1)c1ccccc1Cl. The lowest BCUT2D eigenvalue weighted by Crippen LogP contribution is -3.12. The van der Waals surface area contributed by atoms with Crippen molar-refractivity contribution in [2.75, 3.05) is 13.1 Å². The number of carbonyl (C=O) groups is 1. The molecule has 0 spiro atoms. The topological polar surface area (TPSA) is 33.5 Å². The van der Waals surface area contributed by atoms with E-state index in [0.717, 1.165) is 25.1 Å². The highest BCUT2D eigenvalue weighted by Crippen LogP contribution is 2.21. The lowest BCUT2D eigenvalue weighted by atomic mass is 10.00. The Labute approximate surface area is 142 Å². The summed E-state index contributed by atoms with van der Waals surface area (Å²) in [5.41, 5.74) is 3.74. The van der Waals surface area contributed by atoms with Gasteiger partial charge in [-0.1, -0.05) is 54.1 Å². The first-order valence-electron chi connectivity index (χ1n) is 8.07. The molecule has 0 fully saturated rings. The van der Waals surface area contributed by atoms with Crippen molar-refractivity contribution >= 4 is 17.5 Å². The van der Waals surface area contributed by atoms with Crippen molar-refractivity contribution in [2.45, 2.75) is 25.9 Å². The summed E-state index contributed by atoms with van der Waals surface area (Å²) in [6, 6.07) is 16.1. The van der Waals surface area contributed by atoms with Crippen LogP contribution in [0.4, 0.5) is 0 Å². The average molecular weight is 330 g/mol. The largest absolute Gasteiger partial charge is 0.345 e. The van der Waals surface area contributed by atoms with Crippen LogP contribution in [0.3, 0.4) is 0 Å². The van der Waals surface area contributed by atoms with Gasteiger partial charge in [-0.15, -0.1) is 0 Å². The van der Waals surface area contributed by atoms with Crippen LogP contribution in [0.5, 0.6) is 0 Å². The molecule has 2 N–H and O–H groups in total. The third-order valence-corrected chi connectivity index (χ3v) is 4.81. The highest BCUT2D eigenvalue weighted by Gasteiger charge is 2.22. The molecule has 2 aromatic rings. The minimum atomic E-state index is -0.0762. The number of nitrogens with one attached hydrogen (secondary N) is 2. The molecule has 120 valence electrons. The van der Waals surface area contributed by atoms with Gasteiger partial charge in [-0.05, 0) is 24.1 Å². The second kappa shape index (κ2) is 7.16. The van der Waals surface area contributed by atoms with Gasteiger partial charge in [0.15, 0.2) is 6.54 Å². The molecule has 4 heteroatoms. The van der Waals surface area contributed by atoms with Crippen LogP contribution in [-0.2, 0) is 17.8 Å². The fourth-order valence-corrected chi connectivity index (χ4v) is 3.52. The van der Waals surface area contributed by atoms with Gasteiger partial charge in [-0.25, -0.2) is 0 Å². The third-order valence-electron chi connectivity index (χ3n) is 4.47. The Morgan fingerprint density at radius 1 is 1.17 bits per heavy atom. The molecule has 0 bridgehead atoms. The quantitative estimate of drug-likeness (QED) is 0.885. The second-order valence-corrected chi connectivity index (χ2v) is 6.59. The van der Waals surface area contributed by atoms with Crippen molar-refractivity contribution in [3.8, 4) is 0 Å². The fraction of sp³-hybridized carbons (Fsp3) is 0.316. The number of hydrogen-bond donors (Lipinski definition) is 2. The number of amides is 1. The maximum absolute atomic E-state index is 12.3. The van der Waals surface area contributed by atoms with Crippen molar-refractivity contribution in [3.63, 3.8) is 0 Å². The number of hydrogen-bond acceptors (Lipinski definition) is 1. The molecule has 0 saturated carbocycles. The molecule has 2 aromatic carbocycles. The number of fused-ring (bicyclic) bond motifs is 1. The van der Waals surface area contributed by atoms with Gasteiger partial charge in [0, 0.05) is 17.0 Å². The van der Waals surface area contributed by atoms with Crippen molar-refractivity contribution in [2.24, 2.45) is 0 Å². The van der Waals surface area contributed by atoms with Crippen LogP contribution in [0, 0.1) is 0 Å². The Morgan fingerprint density at radius 3 is 2.65 bits per heavy atom. The van der Waals surface area contributed by atoms with Crippen LogP contribution < -0.4 is 10.2 Å². The molecular formula is C19H22ClN2O+. The monoisotopic (exact) mass is 329 g/mol. The minimum absolute atomic E-state index is 0.0757. The zero-order chi connectivity index (χ0) is 16.2. The Balaban J connectivity index is 1.57. The fourth-order valence-electron chi connectivity index (χ4n) is 3.22. The summed E-state index contributed by atoms with van der Waals surface area (Å²) in [6.45, 7) is 4.40. The predicted molar refractivity (Wildman–Crippen MR) is 92.6 cm³/mol. The van der Waals surface area contributed by atoms with Crippen LogP contribution in [0.2, 0.25) is 5.02 Å². The molecule has 3 nitrogen and oxygen atoms in total. The molecule has 0 radical (unpaired) electrons. The number of benzene rings is 2. The number of carbonyl (C=O) groups excluding carboxylic acids is 1. The van der Waals surface area contributed by atoms with E-state index in [1.165, 1.54) is 16.0 Å². The average Bonchev–Trinajstić information content (AvgIpc) is 2.55. The first-order valence-corrected chi connectivity index (χ1v) is 8.45. The molecule has 0 saturated heterocycles. The molecule has 1 aliphatic rings. The zero-order valence-corrected chi connectivity index (χ0v) is 14.1. The van der Waals surface area contributed by atoms with Gasteiger partial charge in [-0.2, -0.15) is 0 Å². The lowest BCUT2D eigenvalue weighted by molar-refractivity contribution is -0.908. The standard InChI is InChI=1S/C19H21ClN2O/c1-14(17-8-4-5-9-18(17)20)21-19(23)13-22-11-10-15-6-2-3-7-16(15)12-22/h2-9,14H,10-13H2,1H3,(H,21,23)/p+1/t14-/m1/s1. The molecule has 2 atom stereocenters. The molecule has 1 unspecified atom stereocenters. The molecule has 23 heavy (non-hydrogen) atoms. The van der Waals surface area contributed by atoms with Gasteiger partial charge in [0.2, 0.25) is 0 Å². The molecule has 1 aliphatic heterocycles. The van der Waals surface area contributed by atoms with E-state index < -0.39 is 0 Å². The highest BCUT2D eigenvalue weighted by molar-refractivity contribution is 6.31. The number of rotatable bonds is 4. The predicted octanol–water partition coefficient (Wildman–Crippen LogP) is 2.16. The van der Waals surface area contributed by atoms with E-state index in [0.29, 0.717) is 11.6 Å². The van der Waals surface area contributed by atoms with E-state index in [9.17, 15) is 4.79 Å². The van der Waals surface area contributed by atoms with Gasteiger partial charge >= 0.3 is 0 Å². The van der Waals surface area contributed by atoms with Gasteiger partial charge in [0.25, 0.3) is 5.91 Å². The second-order valence-electron chi connectivity index (χ2n) is 6.18. The lowest BCUT2D eigenvalue weighted by Gasteiger charge is -2.26. The van der Waals surface area contributed by atoms with Crippen molar-refractivity contribution < 1.29 is 9.69 Å². The first-order chi connectivity index (χ1) is 11.1. The van der Waals surface area contributed by atoms with Crippen LogP contribution in [0.1, 0.15) is 29.7 Å². The van der Waals surface area contributed by atoms with Crippen LogP contribution >= 0.6 is 11.6 Å². The van der Waals surface area contributed by atoms with E-state index >= 15 is 0 Å². The molecular weight excluding hydrogens is 308 g/mol. The van der Waals surface area contributed by atoms with Crippen molar-refractivity contribution in [1.82, 2.24) is 5.32 Å². The summed E-state index contributed by atoms with van der Waals surface area (Å²) < 4.78 is 0. The van der Waals surface area contributed by atoms with Crippen LogP contribution in [-0.4, -0.2) is 19.0 Å². The Bertz CT molecular complexity index is 701. The summed E-state index contributed by atoms with van der Waals surface area (Å²) in [6.07, 6.45) is 1.04. The summed E-state index contributed by atoms with van der Waals surface area (Å²) in [7, 11) is 0. The third kappa shape index (κ3) is 3.92. The summed E-state index contributed by atoms with van der Waals surface area (Å²) in [4.78, 5) is 13.7. The van der Waals surface area contributed by atoms with E-state index in [1.54, 1.807) is 0 Å². The van der Waals surface area contributed by atoms with Crippen molar-refractivity contribution in [1.29, 1.82) is 0 Å². The normalized spacial score (nSPS) is 18.1. The van der Waals surface area contributed by atoms with Crippen molar-refractivity contribution in [3.05, 3.63) is 70.2 Å². The summed E-state index contributed by atoms with van der Waals surface area (Å²) in [5.74, 6) is 0.0757. The van der Waals surface area contributed by atoms with E-state index in [1.807, 2.05) is 31.2 Å². The van der Waals surface area contributed by atoms with E-state index in [2.05, 4.69) is 29.6 Å². The van der Waals surface area contributed by atoms with Gasteiger partial charge in [0.05, 0.1) is 12.6 Å². The Hall–Kier alpha value is -1.84. The number of halogens is 1. The minimum Gasteiger partial charge on any atom is -0.345 e. The van der Waals surface area contributed by atoms with Gasteiger partial charge < -0.3 is 10.2 Å². The molecule has 0 aromatic heterocycles. The zero-order valence-electron chi connectivity index (χ0n) is 13.3. The Kier molecular flexibility index (Phi) is 4.99. The van der Waals surface area contributed by atoms with E-state index in [4.69, 9.17) is 11.6 Å². The first kappa shape index (κ1) is 16.0. The van der Waals surface area contributed by atoms with Gasteiger partial charge in [-0.3, -0.25) is 4.79 Å².